The summed E-state index contributed by atoms with van der Waals surface area (Å²) >= 11 is 3.35. The summed E-state index contributed by atoms with van der Waals surface area (Å²) in [5.74, 6) is 0.107. The Morgan fingerprint density at radius 1 is 1.20 bits per heavy atom. The van der Waals surface area contributed by atoms with Gasteiger partial charge in [-0.05, 0) is 49.6 Å². The SMILES string of the molecule is O=C(O)/C=C/CCC[C@@H](OC(=O)Nc1ccc2c(c1)OCO2)c1cc(Br)ccc1O. The van der Waals surface area contributed by atoms with E-state index in [9.17, 15) is 14.7 Å². The molecular weight excluding hydrogens is 458 g/mol. The molecule has 0 fully saturated rings. The predicted octanol–water partition coefficient (Wildman–Crippen LogP) is 4.98. The number of nitrogens with one attached hydrogen (secondary N) is 1. The molecule has 0 saturated carbocycles. The second kappa shape index (κ2) is 10.0. The van der Waals surface area contributed by atoms with Gasteiger partial charge >= 0.3 is 12.1 Å². The number of aliphatic carboxylic acids is 1. The molecule has 0 bridgehead atoms. The van der Waals surface area contributed by atoms with E-state index in [0.29, 0.717) is 42.0 Å². The number of amides is 1. The number of anilines is 1. The van der Waals surface area contributed by atoms with Gasteiger partial charge in [-0.2, -0.15) is 0 Å². The normalized spacial score (nSPS) is 13.2. The van der Waals surface area contributed by atoms with E-state index in [1.807, 2.05) is 0 Å². The number of rotatable bonds is 8. The molecule has 3 N–H and O–H groups in total. The lowest BCUT2D eigenvalue weighted by atomic mass is 10.0. The Morgan fingerprint density at radius 3 is 2.80 bits per heavy atom. The lowest BCUT2D eigenvalue weighted by molar-refractivity contribution is -0.131. The average Bonchev–Trinajstić information content (AvgIpc) is 3.16. The van der Waals surface area contributed by atoms with Crippen LogP contribution in [0.1, 0.15) is 30.9 Å². The minimum atomic E-state index is -1.02. The van der Waals surface area contributed by atoms with Crippen molar-refractivity contribution in [2.45, 2.75) is 25.4 Å². The molecule has 2 aromatic carbocycles. The van der Waals surface area contributed by atoms with Gasteiger partial charge in [0.25, 0.3) is 0 Å². The van der Waals surface area contributed by atoms with Crippen LogP contribution >= 0.6 is 15.9 Å². The number of carbonyl (C=O) groups excluding carboxylic acids is 1. The average molecular weight is 478 g/mol. The van der Waals surface area contributed by atoms with Crippen LogP contribution in [-0.2, 0) is 9.53 Å². The molecule has 3 rings (SSSR count). The number of halogens is 1. The molecule has 0 unspecified atom stereocenters. The van der Waals surface area contributed by atoms with E-state index in [0.717, 1.165) is 10.5 Å². The minimum absolute atomic E-state index is 0.000146. The van der Waals surface area contributed by atoms with Crippen LogP contribution < -0.4 is 14.8 Å². The number of ether oxygens (including phenoxy) is 3. The molecule has 1 aliphatic rings. The minimum Gasteiger partial charge on any atom is -0.508 e. The highest BCUT2D eigenvalue weighted by Crippen LogP contribution is 2.35. The number of phenols is 1. The van der Waals surface area contributed by atoms with Crippen LogP contribution in [0.3, 0.4) is 0 Å². The first-order valence-corrected chi connectivity index (χ1v) is 9.97. The maximum atomic E-state index is 12.5. The maximum absolute atomic E-state index is 12.5. The van der Waals surface area contributed by atoms with E-state index in [2.05, 4.69) is 21.2 Å². The Morgan fingerprint density at radius 2 is 2.00 bits per heavy atom. The molecule has 1 aliphatic heterocycles. The summed E-state index contributed by atoms with van der Waals surface area (Å²) in [6.07, 6.45) is 2.62. The zero-order valence-corrected chi connectivity index (χ0v) is 17.4. The first-order chi connectivity index (χ1) is 14.4. The van der Waals surface area contributed by atoms with E-state index in [4.69, 9.17) is 19.3 Å². The van der Waals surface area contributed by atoms with Crippen molar-refractivity contribution in [3.63, 3.8) is 0 Å². The topological polar surface area (TPSA) is 114 Å². The van der Waals surface area contributed by atoms with Gasteiger partial charge < -0.3 is 24.4 Å². The number of hydrogen-bond acceptors (Lipinski definition) is 6. The number of carboxylic acid groups (broad SMARTS) is 1. The van der Waals surface area contributed by atoms with E-state index in [1.54, 1.807) is 30.3 Å². The van der Waals surface area contributed by atoms with Gasteiger partial charge in [0, 0.05) is 27.9 Å². The first-order valence-electron chi connectivity index (χ1n) is 9.17. The molecule has 1 heterocycles. The molecule has 0 saturated heterocycles. The van der Waals surface area contributed by atoms with Crippen molar-refractivity contribution in [1.82, 2.24) is 0 Å². The van der Waals surface area contributed by atoms with Crippen LogP contribution in [0.25, 0.3) is 0 Å². The number of aromatic hydroxyl groups is 1. The van der Waals surface area contributed by atoms with Gasteiger partial charge in [-0.25, -0.2) is 9.59 Å². The Labute approximate surface area is 181 Å². The van der Waals surface area contributed by atoms with Crippen LogP contribution in [0.5, 0.6) is 17.2 Å². The fourth-order valence-electron chi connectivity index (χ4n) is 2.92. The molecule has 8 nitrogen and oxygen atoms in total. The first kappa shape index (κ1) is 21.5. The third kappa shape index (κ3) is 5.90. The Balaban J connectivity index is 1.68. The third-order valence-electron chi connectivity index (χ3n) is 4.30. The van der Waals surface area contributed by atoms with Crippen molar-refractivity contribution in [2.75, 3.05) is 12.1 Å². The molecule has 9 heteroatoms. The molecule has 2 aromatic rings. The van der Waals surface area contributed by atoms with Crippen molar-refractivity contribution in [3.05, 3.63) is 58.6 Å². The quantitative estimate of drug-likeness (QED) is 0.362. The number of carbonyl (C=O) groups is 2. The maximum Gasteiger partial charge on any atom is 0.412 e. The summed E-state index contributed by atoms with van der Waals surface area (Å²) in [5, 5.41) is 21.5. The third-order valence-corrected chi connectivity index (χ3v) is 4.80. The standard InChI is InChI=1S/C21H20BrNO7/c22-13-6-8-16(24)15(10-13)17(4-2-1-3-5-20(25)26)30-21(27)23-14-7-9-18-19(11-14)29-12-28-18/h3,5-11,17,24H,1-2,4,12H2,(H,23,27)(H,25,26)/b5-3+/t17-/m1/s1. The Bertz CT molecular complexity index is 960. The highest BCUT2D eigenvalue weighted by molar-refractivity contribution is 9.10. The Hall–Kier alpha value is -3.20. The fourth-order valence-corrected chi connectivity index (χ4v) is 3.30. The monoisotopic (exact) mass is 477 g/mol. The van der Waals surface area contributed by atoms with Crippen LogP contribution in [0.15, 0.2) is 53.0 Å². The van der Waals surface area contributed by atoms with Crippen molar-refractivity contribution < 1.29 is 34.0 Å². The number of carboxylic acids is 1. The summed E-state index contributed by atoms with van der Waals surface area (Å²) in [7, 11) is 0. The van der Waals surface area contributed by atoms with Gasteiger partial charge in [0.05, 0.1) is 0 Å². The number of allylic oxidation sites excluding steroid dienone is 1. The molecule has 1 atom stereocenters. The molecule has 0 radical (unpaired) electrons. The highest BCUT2D eigenvalue weighted by Gasteiger charge is 2.21. The smallest absolute Gasteiger partial charge is 0.412 e. The summed E-state index contributed by atoms with van der Waals surface area (Å²) in [5.41, 5.74) is 0.929. The number of phenolic OH excluding ortho intramolecular Hbond substituents is 1. The van der Waals surface area contributed by atoms with Crippen LogP contribution in [0.4, 0.5) is 10.5 Å². The second-order valence-corrected chi connectivity index (χ2v) is 7.38. The van der Waals surface area contributed by atoms with Crippen molar-refractivity contribution >= 4 is 33.7 Å². The lowest BCUT2D eigenvalue weighted by Crippen LogP contribution is -2.18. The van der Waals surface area contributed by atoms with Crippen LogP contribution in [0, 0.1) is 0 Å². The zero-order valence-electron chi connectivity index (χ0n) is 15.8. The molecule has 30 heavy (non-hydrogen) atoms. The predicted molar refractivity (Wildman–Crippen MR) is 112 cm³/mol. The van der Waals surface area contributed by atoms with Gasteiger partial charge in [0.2, 0.25) is 6.79 Å². The lowest BCUT2D eigenvalue weighted by Gasteiger charge is -2.20. The van der Waals surface area contributed by atoms with E-state index < -0.39 is 18.2 Å². The second-order valence-electron chi connectivity index (χ2n) is 6.46. The molecule has 158 valence electrons. The van der Waals surface area contributed by atoms with Crippen molar-refractivity contribution in [2.24, 2.45) is 0 Å². The van der Waals surface area contributed by atoms with Gasteiger partial charge in [-0.1, -0.05) is 22.0 Å². The summed E-state index contributed by atoms with van der Waals surface area (Å²) in [6.45, 7) is 0.129. The van der Waals surface area contributed by atoms with E-state index in [-0.39, 0.29) is 12.5 Å². The van der Waals surface area contributed by atoms with Gasteiger partial charge in [0.15, 0.2) is 11.5 Å². The number of unbranched alkanes of at least 4 members (excludes halogenated alkanes) is 1. The van der Waals surface area contributed by atoms with Gasteiger partial charge in [0.1, 0.15) is 11.9 Å². The number of fused-ring (bicyclic) bond motifs is 1. The summed E-state index contributed by atoms with van der Waals surface area (Å²) in [6, 6.07) is 9.85. The van der Waals surface area contributed by atoms with Gasteiger partial charge in [-0.3, -0.25) is 5.32 Å². The molecular formula is C21H20BrNO7. The van der Waals surface area contributed by atoms with Gasteiger partial charge in [-0.15, -0.1) is 0 Å². The number of benzene rings is 2. The fraction of sp³-hybridized carbons (Fsp3) is 0.238. The van der Waals surface area contributed by atoms with Crippen molar-refractivity contribution in [3.8, 4) is 17.2 Å². The molecule has 1 amide bonds. The van der Waals surface area contributed by atoms with Crippen LogP contribution in [-0.4, -0.2) is 29.1 Å². The molecule has 0 aromatic heterocycles. The largest absolute Gasteiger partial charge is 0.508 e. The zero-order chi connectivity index (χ0) is 21.5. The molecule has 0 aliphatic carbocycles. The Kier molecular flexibility index (Phi) is 7.18. The molecule has 0 spiro atoms. The summed E-state index contributed by atoms with van der Waals surface area (Å²) in [4.78, 5) is 23.1. The highest BCUT2D eigenvalue weighted by atomic mass is 79.9. The van der Waals surface area contributed by atoms with Crippen LogP contribution in [0.2, 0.25) is 0 Å². The summed E-state index contributed by atoms with van der Waals surface area (Å²) < 4.78 is 16.8. The van der Waals surface area contributed by atoms with E-state index >= 15 is 0 Å². The van der Waals surface area contributed by atoms with Crippen molar-refractivity contribution in [1.29, 1.82) is 0 Å². The van der Waals surface area contributed by atoms with E-state index in [1.165, 1.54) is 12.1 Å². The number of hydrogen-bond donors (Lipinski definition) is 3.